The molecule has 0 saturated carbocycles. The van der Waals surface area contributed by atoms with Crippen molar-refractivity contribution in [1.29, 1.82) is 0 Å². The van der Waals surface area contributed by atoms with Crippen LogP contribution in [-0.4, -0.2) is 34.7 Å². The molecule has 1 aliphatic carbocycles. The molecule has 3 rings (SSSR count). The van der Waals surface area contributed by atoms with E-state index in [0.717, 1.165) is 18.4 Å². The van der Waals surface area contributed by atoms with Gasteiger partial charge in [-0.25, -0.2) is 4.79 Å². The fraction of sp³-hybridized carbons (Fsp3) is 0.667. The summed E-state index contributed by atoms with van der Waals surface area (Å²) in [7, 11) is 0. The van der Waals surface area contributed by atoms with Gasteiger partial charge in [0.05, 0.1) is 6.10 Å². The molecule has 0 bridgehead atoms. The predicted molar refractivity (Wildman–Crippen MR) is 113 cm³/mol. The number of allylic oxidation sites excluding steroid dienone is 2. The lowest BCUT2D eigenvalue weighted by molar-refractivity contribution is -0.172. The van der Waals surface area contributed by atoms with Crippen LogP contribution >= 0.6 is 0 Å². The quantitative estimate of drug-likeness (QED) is 0.547. The number of aliphatic hydroxyl groups excluding tert-OH is 1. The van der Waals surface area contributed by atoms with Crippen LogP contribution in [0, 0.1) is 23.7 Å². The molecule has 2 heterocycles. The van der Waals surface area contributed by atoms with Gasteiger partial charge in [0.15, 0.2) is 0 Å². The molecule has 2 aliphatic heterocycles. The van der Waals surface area contributed by atoms with Crippen molar-refractivity contribution in [2.45, 2.75) is 78.0 Å². The van der Waals surface area contributed by atoms with Gasteiger partial charge in [0.1, 0.15) is 0 Å². The van der Waals surface area contributed by atoms with Crippen LogP contribution in [0.4, 0.5) is 0 Å². The van der Waals surface area contributed by atoms with Crippen molar-refractivity contribution in [2.24, 2.45) is 23.7 Å². The van der Waals surface area contributed by atoms with Gasteiger partial charge in [-0.1, -0.05) is 50.1 Å². The van der Waals surface area contributed by atoms with Gasteiger partial charge in [-0.2, -0.15) is 0 Å². The molecule has 5 heteroatoms. The number of rotatable bonds is 2. The number of amides is 1. The molecular weight excluding hydrogens is 366 g/mol. The van der Waals surface area contributed by atoms with E-state index in [9.17, 15) is 14.7 Å². The van der Waals surface area contributed by atoms with Gasteiger partial charge >= 0.3 is 5.97 Å². The molecule has 0 radical (unpaired) electrons. The molecule has 3 aliphatic rings. The minimum atomic E-state index is -1.22. The second-order valence-electron chi connectivity index (χ2n) is 9.52. The van der Waals surface area contributed by atoms with E-state index in [-0.39, 0.29) is 29.7 Å². The highest BCUT2D eigenvalue weighted by Crippen LogP contribution is 2.50. The van der Waals surface area contributed by atoms with E-state index in [1.807, 2.05) is 6.92 Å². The fourth-order valence-electron chi connectivity index (χ4n) is 5.25. The van der Waals surface area contributed by atoms with E-state index in [4.69, 9.17) is 4.74 Å². The number of aliphatic hydroxyl groups is 1. The SMILES string of the molecule is CC1=CC2C=C(C)C(C)C3C(CC(C)C)NC(=O)C23OC(=O)C=CCC(O)CC1. The lowest BCUT2D eigenvalue weighted by Crippen LogP contribution is -2.56. The maximum Gasteiger partial charge on any atom is 0.331 e. The summed E-state index contributed by atoms with van der Waals surface area (Å²) >= 11 is 0. The molecule has 5 nitrogen and oxygen atoms in total. The summed E-state index contributed by atoms with van der Waals surface area (Å²) in [5.41, 5.74) is 1.11. The summed E-state index contributed by atoms with van der Waals surface area (Å²) in [6.07, 6.45) is 9.34. The van der Waals surface area contributed by atoms with Gasteiger partial charge in [0.2, 0.25) is 5.60 Å². The zero-order chi connectivity index (χ0) is 21.3. The van der Waals surface area contributed by atoms with Crippen molar-refractivity contribution >= 4 is 11.9 Å². The molecule has 29 heavy (non-hydrogen) atoms. The van der Waals surface area contributed by atoms with Crippen LogP contribution in [0.2, 0.25) is 0 Å². The summed E-state index contributed by atoms with van der Waals surface area (Å²) in [5, 5.41) is 13.3. The predicted octanol–water partition coefficient (Wildman–Crippen LogP) is 3.69. The topological polar surface area (TPSA) is 75.6 Å². The van der Waals surface area contributed by atoms with Crippen LogP contribution in [0.1, 0.15) is 60.3 Å². The van der Waals surface area contributed by atoms with Gasteiger partial charge in [-0.3, -0.25) is 4.79 Å². The maximum atomic E-state index is 13.4. The van der Waals surface area contributed by atoms with Crippen LogP contribution in [0.3, 0.4) is 0 Å². The first kappa shape index (κ1) is 21.8. The summed E-state index contributed by atoms with van der Waals surface area (Å²) in [5.74, 6) is -0.560. The molecule has 2 N–H and O–H groups in total. The minimum absolute atomic E-state index is 0.0242. The Morgan fingerprint density at radius 1 is 1.28 bits per heavy atom. The molecule has 0 aromatic heterocycles. The standard InChI is InChI=1S/C24H35NO4/c1-14(2)11-20-22-17(5)16(4)13-18-12-15(3)9-10-19(26)7-6-8-21(27)29-24(18,22)23(28)25-20/h6,8,12-14,17-20,22,26H,7,9-11H2,1-5H3,(H,25,28). The molecule has 0 aromatic carbocycles. The van der Waals surface area contributed by atoms with Crippen molar-refractivity contribution < 1.29 is 19.4 Å². The Morgan fingerprint density at radius 2 is 2.00 bits per heavy atom. The molecule has 1 saturated heterocycles. The molecule has 1 spiro atoms. The number of nitrogens with one attached hydrogen (secondary N) is 1. The Morgan fingerprint density at radius 3 is 2.69 bits per heavy atom. The van der Waals surface area contributed by atoms with Gasteiger partial charge in [0, 0.05) is 24.0 Å². The van der Waals surface area contributed by atoms with Crippen LogP contribution in [0.5, 0.6) is 0 Å². The van der Waals surface area contributed by atoms with E-state index < -0.39 is 17.7 Å². The van der Waals surface area contributed by atoms with Crippen LogP contribution in [-0.2, 0) is 14.3 Å². The van der Waals surface area contributed by atoms with Crippen molar-refractivity contribution in [2.75, 3.05) is 0 Å². The highest BCUT2D eigenvalue weighted by molar-refractivity contribution is 5.94. The van der Waals surface area contributed by atoms with Crippen molar-refractivity contribution in [3.63, 3.8) is 0 Å². The molecule has 1 fully saturated rings. The van der Waals surface area contributed by atoms with Crippen molar-refractivity contribution in [1.82, 2.24) is 5.32 Å². The van der Waals surface area contributed by atoms with E-state index in [2.05, 4.69) is 45.2 Å². The lowest BCUT2D eigenvalue weighted by atomic mass is 9.63. The Hall–Kier alpha value is -1.88. The molecule has 6 unspecified atom stereocenters. The Bertz CT molecular complexity index is 750. The minimum Gasteiger partial charge on any atom is -0.444 e. The van der Waals surface area contributed by atoms with E-state index in [1.54, 1.807) is 6.08 Å². The first-order chi connectivity index (χ1) is 13.6. The third kappa shape index (κ3) is 4.20. The zero-order valence-electron chi connectivity index (χ0n) is 18.3. The molecule has 6 atom stereocenters. The number of esters is 1. The number of hydrogen-bond donors (Lipinski definition) is 2. The highest BCUT2D eigenvalue weighted by Gasteiger charge is 2.64. The van der Waals surface area contributed by atoms with Gasteiger partial charge in [-0.15, -0.1) is 0 Å². The third-order valence-electron chi connectivity index (χ3n) is 6.79. The number of ether oxygens (including phenoxy) is 1. The van der Waals surface area contributed by atoms with Gasteiger partial charge in [-0.05, 0) is 51.4 Å². The fourth-order valence-corrected chi connectivity index (χ4v) is 5.25. The smallest absolute Gasteiger partial charge is 0.331 e. The van der Waals surface area contributed by atoms with E-state index in [1.165, 1.54) is 11.6 Å². The molecule has 160 valence electrons. The molecule has 1 amide bonds. The van der Waals surface area contributed by atoms with E-state index in [0.29, 0.717) is 18.8 Å². The Balaban J connectivity index is 2.12. The first-order valence-electron chi connectivity index (χ1n) is 10.9. The van der Waals surface area contributed by atoms with E-state index >= 15 is 0 Å². The summed E-state index contributed by atoms with van der Waals surface area (Å²) in [6.45, 7) is 10.6. The largest absolute Gasteiger partial charge is 0.444 e. The molecule has 0 aromatic rings. The average Bonchev–Trinajstić information content (AvgIpc) is 2.89. The summed E-state index contributed by atoms with van der Waals surface area (Å²) in [6, 6.07) is -0.0242. The average molecular weight is 402 g/mol. The van der Waals surface area contributed by atoms with Gasteiger partial charge < -0.3 is 15.2 Å². The van der Waals surface area contributed by atoms with Crippen molar-refractivity contribution in [3.05, 3.63) is 35.5 Å². The second-order valence-corrected chi connectivity index (χ2v) is 9.52. The summed E-state index contributed by atoms with van der Waals surface area (Å²) < 4.78 is 6.06. The summed E-state index contributed by atoms with van der Waals surface area (Å²) in [4.78, 5) is 26.1. The Labute approximate surface area is 174 Å². The van der Waals surface area contributed by atoms with Gasteiger partial charge in [0.25, 0.3) is 5.91 Å². The highest BCUT2D eigenvalue weighted by atomic mass is 16.6. The maximum absolute atomic E-state index is 13.4. The third-order valence-corrected chi connectivity index (χ3v) is 6.79. The van der Waals surface area contributed by atoms with Crippen molar-refractivity contribution in [3.8, 4) is 0 Å². The number of carbonyl (C=O) groups is 2. The number of carbonyl (C=O) groups excluding carboxylic acids is 2. The van der Waals surface area contributed by atoms with Crippen LogP contribution in [0.15, 0.2) is 35.5 Å². The first-order valence-corrected chi connectivity index (χ1v) is 10.9. The monoisotopic (exact) mass is 401 g/mol. The molecular formula is C24H35NO4. The second kappa shape index (κ2) is 8.47. The van der Waals surface area contributed by atoms with Crippen LogP contribution in [0.25, 0.3) is 0 Å². The van der Waals surface area contributed by atoms with Crippen LogP contribution < -0.4 is 5.32 Å². The lowest BCUT2D eigenvalue weighted by Gasteiger charge is -2.45. The number of hydrogen-bond acceptors (Lipinski definition) is 4. The Kier molecular flexibility index (Phi) is 6.37. The normalized spacial score (nSPS) is 38.1. The zero-order valence-corrected chi connectivity index (χ0v) is 18.3.